The maximum atomic E-state index is 6.15. The van der Waals surface area contributed by atoms with Crippen LogP contribution in [0.1, 0.15) is 24.1 Å². The number of aryl methyl sites for hydroxylation is 1. The van der Waals surface area contributed by atoms with Crippen molar-refractivity contribution in [1.29, 1.82) is 0 Å². The number of furan rings is 1. The molecule has 186 valence electrons. The van der Waals surface area contributed by atoms with Gasteiger partial charge in [0.2, 0.25) is 0 Å². The third-order valence-electron chi connectivity index (χ3n) is 8.71. The average Bonchev–Trinajstić information content (AvgIpc) is 3.64. The van der Waals surface area contributed by atoms with Crippen molar-refractivity contribution in [2.75, 3.05) is 0 Å². The Labute approximate surface area is 225 Å². The second kappa shape index (κ2) is 7.87. The van der Waals surface area contributed by atoms with Gasteiger partial charge >= 0.3 is 0 Å². The van der Waals surface area contributed by atoms with Gasteiger partial charge in [-0.15, -0.1) is 0 Å². The number of aromatic nitrogens is 2. The number of para-hydroxylation sites is 3. The molecule has 3 heterocycles. The maximum absolute atomic E-state index is 6.15. The molecule has 0 saturated carbocycles. The summed E-state index contributed by atoms with van der Waals surface area (Å²) in [4.78, 5) is 0. The summed E-state index contributed by atoms with van der Waals surface area (Å²) in [6, 6.07) is 39.5. The fourth-order valence-electron chi connectivity index (χ4n) is 7.09. The first-order valence-corrected chi connectivity index (χ1v) is 13.9. The van der Waals surface area contributed by atoms with Gasteiger partial charge in [-0.2, -0.15) is 0 Å². The molecule has 8 aromatic rings. The second-order valence-electron chi connectivity index (χ2n) is 10.8. The van der Waals surface area contributed by atoms with Crippen LogP contribution in [0.4, 0.5) is 0 Å². The number of hydrogen-bond acceptors (Lipinski definition) is 1. The van der Waals surface area contributed by atoms with Crippen molar-refractivity contribution >= 4 is 54.6 Å². The van der Waals surface area contributed by atoms with E-state index in [1.807, 2.05) is 12.1 Å². The van der Waals surface area contributed by atoms with E-state index in [9.17, 15) is 0 Å². The summed E-state index contributed by atoms with van der Waals surface area (Å²) in [6.07, 6.45) is 4.82. The van der Waals surface area contributed by atoms with E-state index in [1.165, 1.54) is 68.9 Å². The molecule has 3 heteroatoms. The monoisotopic (exact) mass is 502 g/mol. The molecule has 39 heavy (non-hydrogen) atoms. The number of fused-ring (bicyclic) bond motifs is 9. The number of nitrogens with zero attached hydrogens (tertiary/aromatic N) is 2. The van der Waals surface area contributed by atoms with Gasteiger partial charge in [-0.25, -0.2) is 0 Å². The molecule has 3 aromatic heterocycles. The number of benzene rings is 5. The van der Waals surface area contributed by atoms with Gasteiger partial charge in [0.15, 0.2) is 0 Å². The fraction of sp³-hybridized carbons (Fsp3) is 0.111. The highest BCUT2D eigenvalue weighted by Gasteiger charge is 2.23. The van der Waals surface area contributed by atoms with Crippen LogP contribution >= 0.6 is 0 Å². The van der Waals surface area contributed by atoms with E-state index in [2.05, 4.69) is 106 Å². The fourth-order valence-corrected chi connectivity index (χ4v) is 7.09. The third-order valence-corrected chi connectivity index (χ3v) is 8.71. The minimum absolute atomic E-state index is 0.923. The van der Waals surface area contributed by atoms with Crippen LogP contribution in [-0.2, 0) is 12.8 Å². The van der Waals surface area contributed by atoms with E-state index < -0.39 is 0 Å². The van der Waals surface area contributed by atoms with Crippen molar-refractivity contribution in [3.05, 3.63) is 120 Å². The lowest BCUT2D eigenvalue weighted by molar-refractivity contribution is 0.667. The highest BCUT2D eigenvalue weighted by molar-refractivity contribution is 6.14. The molecule has 5 aromatic carbocycles. The quantitative estimate of drug-likeness (QED) is 0.231. The van der Waals surface area contributed by atoms with Gasteiger partial charge in [0, 0.05) is 38.3 Å². The van der Waals surface area contributed by atoms with E-state index >= 15 is 0 Å². The molecule has 0 unspecified atom stereocenters. The largest absolute Gasteiger partial charge is 0.456 e. The van der Waals surface area contributed by atoms with Gasteiger partial charge in [-0.3, -0.25) is 0 Å². The van der Waals surface area contributed by atoms with E-state index in [0.29, 0.717) is 0 Å². The Morgan fingerprint density at radius 1 is 0.513 bits per heavy atom. The Hall–Kier alpha value is -4.76. The molecule has 0 bridgehead atoms. The van der Waals surface area contributed by atoms with E-state index in [4.69, 9.17) is 4.42 Å². The molecular weight excluding hydrogens is 476 g/mol. The van der Waals surface area contributed by atoms with Crippen molar-refractivity contribution in [2.24, 2.45) is 0 Å². The first kappa shape index (κ1) is 21.2. The van der Waals surface area contributed by atoms with Crippen LogP contribution in [0.5, 0.6) is 0 Å². The Bertz CT molecular complexity index is 2240. The molecule has 0 amide bonds. The Balaban J connectivity index is 1.39. The van der Waals surface area contributed by atoms with Crippen molar-refractivity contribution < 1.29 is 4.42 Å². The van der Waals surface area contributed by atoms with Crippen LogP contribution in [0.15, 0.2) is 114 Å². The van der Waals surface area contributed by atoms with Crippen molar-refractivity contribution in [3.63, 3.8) is 0 Å². The van der Waals surface area contributed by atoms with Crippen molar-refractivity contribution in [2.45, 2.75) is 25.7 Å². The lowest BCUT2D eigenvalue weighted by Gasteiger charge is -2.17. The predicted octanol–water partition coefficient (Wildman–Crippen LogP) is 9.51. The zero-order chi connectivity index (χ0) is 25.5. The minimum atomic E-state index is 0.923. The van der Waals surface area contributed by atoms with Gasteiger partial charge in [0.1, 0.15) is 11.2 Å². The van der Waals surface area contributed by atoms with Crippen molar-refractivity contribution in [1.82, 2.24) is 9.13 Å². The lowest BCUT2D eigenvalue weighted by Crippen LogP contribution is -2.07. The van der Waals surface area contributed by atoms with Gasteiger partial charge in [0.05, 0.1) is 22.2 Å². The molecule has 1 aliphatic carbocycles. The summed E-state index contributed by atoms with van der Waals surface area (Å²) < 4.78 is 11.1. The SMILES string of the molecule is c1ccc2c(c1)oc1ccc(-n3c4ccccc4c4c(-n5c6c(c7ccccc75)CCCC6)cccc43)cc12. The highest BCUT2D eigenvalue weighted by Crippen LogP contribution is 2.41. The lowest BCUT2D eigenvalue weighted by atomic mass is 9.95. The Kier molecular flexibility index (Phi) is 4.28. The van der Waals surface area contributed by atoms with E-state index in [-0.39, 0.29) is 0 Å². The number of rotatable bonds is 2. The van der Waals surface area contributed by atoms with Gasteiger partial charge in [-0.05, 0) is 79.8 Å². The van der Waals surface area contributed by atoms with Crippen LogP contribution < -0.4 is 0 Å². The van der Waals surface area contributed by atoms with Crippen LogP contribution in [-0.4, -0.2) is 9.13 Å². The summed E-state index contributed by atoms with van der Waals surface area (Å²) in [7, 11) is 0. The molecule has 1 aliphatic rings. The molecule has 0 aliphatic heterocycles. The van der Waals surface area contributed by atoms with Crippen LogP contribution in [0.25, 0.3) is 66.0 Å². The molecule has 0 N–H and O–H groups in total. The van der Waals surface area contributed by atoms with Crippen molar-refractivity contribution in [3.8, 4) is 11.4 Å². The standard InChI is InChI=1S/C36H26N2O/c1-5-14-29-24(10-1)25-11-2-6-15-30(25)38(29)33-18-9-17-32-36(33)27-13-3-7-16-31(27)37(32)23-20-21-35-28(22-23)26-12-4-8-19-34(26)39-35/h1,3-5,7-10,12-14,16-22H,2,6,11,15H2. The maximum Gasteiger partial charge on any atom is 0.135 e. The molecule has 3 nitrogen and oxygen atoms in total. The molecular formula is C36H26N2O. The van der Waals surface area contributed by atoms with Gasteiger partial charge < -0.3 is 13.6 Å². The minimum Gasteiger partial charge on any atom is -0.456 e. The highest BCUT2D eigenvalue weighted by atomic mass is 16.3. The molecule has 0 radical (unpaired) electrons. The summed E-state index contributed by atoms with van der Waals surface area (Å²) in [5.41, 5.74) is 11.1. The van der Waals surface area contributed by atoms with Crippen LogP contribution in [0, 0.1) is 0 Å². The molecule has 0 fully saturated rings. The predicted molar refractivity (Wildman–Crippen MR) is 162 cm³/mol. The molecule has 0 atom stereocenters. The average molecular weight is 503 g/mol. The van der Waals surface area contributed by atoms with Gasteiger partial charge in [-0.1, -0.05) is 60.7 Å². The second-order valence-corrected chi connectivity index (χ2v) is 10.8. The first-order valence-electron chi connectivity index (χ1n) is 13.9. The summed E-state index contributed by atoms with van der Waals surface area (Å²) in [6.45, 7) is 0. The Morgan fingerprint density at radius 3 is 2.10 bits per heavy atom. The number of hydrogen-bond donors (Lipinski definition) is 0. The molecule has 9 rings (SSSR count). The molecule has 0 saturated heterocycles. The Morgan fingerprint density at radius 2 is 1.21 bits per heavy atom. The van der Waals surface area contributed by atoms with Crippen LogP contribution in [0.3, 0.4) is 0 Å². The van der Waals surface area contributed by atoms with Crippen LogP contribution in [0.2, 0.25) is 0 Å². The summed E-state index contributed by atoms with van der Waals surface area (Å²) in [5.74, 6) is 0. The third kappa shape index (κ3) is 2.87. The smallest absolute Gasteiger partial charge is 0.135 e. The normalized spacial score (nSPS) is 13.7. The zero-order valence-electron chi connectivity index (χ0n) is 21.5. The zero-order valence-corrected chi connectivity index (χ0v) is 21.5. The topological polar surface area (TPSA) is 23.0 Å². The first-order chi connectivity index (χ1) is 19.4. The molecule has 0 spiro atoms. The summed E-state index contributed by atoms with van der Waals surface area (Å²) >= 11 is 0. The summed E-state index contributed by atoms with van der Waals surface area (Å²) in [5, 5.41) is 6.30. The van der Waals surface area contributed by atoms with Gasteiger partial charge in [0.25, 0.3) is 0 Å². The van der Waals surface area contributed by atoms with E-state index in [1.54, 1.807) is 0 Å². The van der Waals surface area contributed by atoms with E-state index in [0.717, 1.165) is 34.0 Å².